The van der Waals surface area contributed by atoms with Crippen molar-refractivity contribution in [3.05, 3.63) is 32.4 Å². The molecule has 1 aromatic carbocycles. The van der Waals surface area contributed by atoms with E-state index in [1.54, 1.807) is 18.2 Å². The maximum Gasteiger partial charge on any atom is 0.252 e. The van der Waals surface area contributed by atoms with E-state index in [2.05, 4.69) is 27.9 Å². The van der Waals surface area contributed by atoms with Crippen molar-refractivity contribution in [2.45, 2.75) is 6.42 Å². The number of carbonyl (C=O) groups is 1. The molecular weight excluding hydrogens is 415 g/mol. The molecule has 8 heteroatoms. The van der Waals surface area contributed by atoms with Crippen LogP contribution < -0.4 is 5.32 Å². The third-order valence-corrected chi connectivity index (χ3v) is 6.16. The molecule has 1 amide bonds. The number of benzene rings is 1. The normalized spacial score (nSPS) is 18.1. The zero-order valence-electron chi connectivity index (χ0n) is 10.6. The summed E-state index contributed by atoms with van der Waals surface area (Å²) >= 11 is 7.93. The zero-order chi connectivity index (χ0) is 14.8. The van der Waals surface area contributed by atoms with Crippen LogP contribution in [-0.4, -0.2) is 44.0 Å². The highest BCUT2D eigenvalue weighted by Gasteiger charge is 2.27. The number of nitrogens with one attached hydrogen (secondary N) is 1. The summed E-state index contributed by atoms with van der Waals surface area (Å²) in [5.74, 6) is -0.0406. The molecule has 1 aromatic rings. The number of halogens is 2. The molecule has 0 saturated carbocycles. The van der Waals surface area contributed by atoms with Crippen molar-refractivity contribution < 1.29 is 13.2 Å². The van der Waals surface area contributed by atoms with Gasteiger partial charge in [-0.1, -0.05) is 11.6 Å². The standard InChI is InChI=1S/C12H14ClIN2O3S/c13-9-2-3-11(14)10(8-9)12(17)15-4-6-16-5-1-7-20(16,18)19/h2-3,8H,1,4-7H2,(H,15,17). The molecule has 1 saturated heterocycles. The fourth-order valence-electron chi connectivity index (χ4n) is 2.00. The van der Waals surface area contributed by atoms with E-state index in [9.17, 15) is 13.2 Å². The average molecular weight is 429 g/mol. The highest BCUT2D eigenvalue weighted by Crippen LogP contribution is 2.18. The van der Waals surface area contributed by atoms with Crippen LogP contribution in [0, 0.1) is 3.57 Å². The molecule has 0 bridgehead atoms. The van der Waals surface area contributed by atoms with Gasteiger partial charge in [-0.2, -0.15) is 0 Å². The minimum atomic E-state index is -3.11. The van der Waals surface area contributed by atoms with Crippen molar-refractivity contribution in [2.75, 3.05) is 25.4 Å². The Bertz CT molecular complexity index is 621. The average Bonchev–Trinajstić information content (AvgIpc) is 2.71. The predicted octanol–water partition coefficient (Wildman–Crippen LogP) is 1.71. The molecule has 1 aliphatic heterocycles. The van der Waals surface area contributed by atoms with Crippen molar-refractivity contribution in [1.29, 1.82) is 0 Å². The number of rotatable bonds is 4. The summed E-state index contributed by atoms with van der Waals surface area (Å²) in [5.41, 5.74) is 0.502. The Morgan fingerprint density at radius 3 is 2.85 bits per heavy atom. The summed E-state index contributed by atoms with van der Waals surface area (Å²) in [5, 5.41) is 3.22. The van der Waals surface area contributed by atoms with Crippen molar-refractivity contribution in [1.82, 2.24) is 9.62 Å². The molecule has 5 nitrogen and oxygen atoms in total. The topological polar surface area (TPSA) is 66.5 Å². The Kier molecular flexibility index (Phi) is 5.27. The van der Waals surface area contributed by atoms with Crippen molar-refractivity contribution in [2.24, 2.45) is 0 Å². The number of hydrogen-bond donors (Lipinski definition) is 1. The molecule has 0 unspecified atom stereocenters. The Morgan fingerprint density at radius 1 is 1.45 bits per heavy atom. The van der Waals surface area contributed by atoms with Gasteiger partial charge in [-0.25, -0.2) is 12.7 Å². The largest absolute Gasteiger partial charge is 0.351 e. The molecule has 0 aliphatic carbocycles. The van der Waals surface area contributed by atoms with Gasteiger partial charge in [0, 0.05) is 28.2 Å². The minimum Gasteiger partial charge on any atom is -0.351 e. The maximum atomic E-state index is 12.0. The fraction of sp³-hybridized carbons (Fsp3) is 0.417. The number of carbonyl (C=O) groups excluding carboxylic acids is 1. The van der Waals surface area contributed by atoms with Crippen LogP contribution in [0.15, 0.2) is 18.2 Å². The van der Waals surface area contributed by atoms with Gasteiger partial charge in [-0.3, -0.25) is 4.79 Å². The van der Waals surface area contributed by atoms with Crippen LogP contribution in [0.4, 0.5) is 0 Å². The third kappa shape index (κ3) is 3.84. The van der Waals surface area contributed by atoms with Gasteiger partial charge in [0.25, 0.3) is 5.91 Å². The monoisotopic (exact) mass is 428 g/mol. The predicted molar refractivity (Wildman–Crippen MR) is 86.5 cm³/mol. The maximum absolute atomic E-state index is 12.0. The van der Waals surface area contributed by atoms with Gasteiger partial charge < -0.3 is 5.32 Å². The first-order chi connectivity index (χ1) is 9.40. The fourth-order valence-corrected chi connectivity index (χ4v) is 4.28. The SMILES string of the molecule is O=C(NCCN1CCCS1(=O)=O)c1cc(Cl)ccc1I. The zero-order valence-corrected chi connectivity index (χ0v) is 14.3. The van der Waals surface area contributed by atoms with E-state index in [0.717, 1.165) is 3.57 Å². The summed E-state index contributed by atoms with van der Waals surface area (Å²) in [7, 11) is -3.11. The molecule has 0 spiro atoms. The van der Waals surface area contributed by atoms with Gasteiger partial charge in [0.05, 0.1) is 11.3 Å². The van der Waals surface area contributed by atoms with Crippen LogP contribution in [0.25, 0.3) is 0 Å². The summed E-state index contributed by atoms with van der Waals surface area (Å²) < 4.78 is 25.4. The van der Waals surface area contributed by atoms with Gasteiger partial charge in [0.15, 0.2) is 0 Å². The van der Waals surface area contributed by atoms with Gasteiger partial charge in [0.1, 0.15) is 0 Å². The molecule has 20 heavy (non-hydrogen) atoms. The van der Waals surface area contributed by atoms with Crippen LogP contribution in [-0.2, 0) is 10.0 Å². The molecule has 1 heterocycles. The molecule has 1 aliphatic rings. The molecule has 0 radical (unpaired) electrons. The first-order valence-electron chi connectivity index (χ1n) is 6.11. The first-order valence-corrected chi connectivity index (χ1v) is 9.18. The van der Waals surface area contributed by atoms with E-state index in [0.29, 0.717) is 36.6 Å². The van der Waals surface area contributed by atoms with Gasteiger partial charge >= 0.3 is 0 Å². The Labute approximate surface area is 136 Å². The Balaban J connectivity index is 1.91. The van der Waals surface area contributed by atoms with Crippen LogP contribution in [0.2, 0.25) is 5.02 Å². The van der Waals surface area contributed by atoms with Crippen LogP contribution in [0.1, 0.15) is 16.8 Å². The van der Waals surface area contributed by atoms with Gasteiger partial charge in [0.2, 0.25) is 10.0 Å². The lowest BCUT2D eigenvalue weighted by Gasteiger charge is -2.14. The van der Waals surface area contributed by atoms with Gasteiger partial charge in [-0.05, 0) is 47.2 Å². The molecule has 0 aromatic heterocycles. The second kappa shape index (κ2) is 6.59. The minimum absolute atomic E-state index is 0.202. The van der Waals surface area contributed by atoms with Crippen molar-refractivity contribution in [3.63, 3.8) is 0 Å². The number of hydrogen-bond acceptors (Lipinski definition) is 3. The van der Waals surface area contributed by atoms with E-state index >= 15 is 0 Å². The summed E-state index contributed by atoms with van der Waals surface area (Å²) in [4.78, 5) is 12.0. The smallest absolute Gasteiger partial charge is 0.252 e. The molecule has 1 N–H and O–H groups in total. The number of sulfonamides is 1. The summed E-state index contributed by atoms with van der Waals surface area (Å²) in [6.07, 6.45) is 0.655. The second-order valence-electron chi connectivity index (χ2n) is 4.45. The van der Waals surface area contributed by atoms with E-state index in [1.165, 1.54) is 4.31 Å². The van der Waals surface area contributed by atoms with Crippen LogP contribution >= 0.6 is 34.2 Å². The lowest BCUT2D eigenvalue weighted by Crippen LogP contribution is -2.36. The van der Waals surface area contributed by atoms with Gasteiger partial charge in [-0.15, -0.1) is 0 Å². The second-order valence-corrected chi connectivity index (χ2v) is 8.14. The first kappa shape index (κ1) is 16.0. The van der Waals surface area contributed by atoms with E-state index in [-0.39, 0.29) is 11.7 Å². The molecule has 0 atom stereocenters. The summed E-state index contributed by atoms with van der Waals surface area (Å²) in [6.45, 7) is 1.14. The Hall–Kier alpha value is -0.380. The van der Waals surface area contributed by atoms with Crippen molar-refractivity contribution in [3.8, 4) is 0 Å². The van der Waals surface area contributed by atoms with Crippen molar-refractivity contribution >= 4 is 50.1 Å². The van der Waals surface area contributed by atoms with E-state index in [1.807, 2.05) is 0 Å². The Morgan fingerprint density at radius 2 is 2.20 bits per heavy atom. The molecule has 110 valence electrons. The lowest BCUT2D eigenvalue weighted by molar-refractivity contribution is 0.0951. The van der Waals surface area contributed by atoms with E-state index in [4.69, 9.17) is 11.6 Å². The highest BCUT2D eigenvalue weighted by atomic mass is 127. The highest BCUT2D eigenvalue weighted by molar-refractivity contribution is 14.1. The van der Waals surface area contributed by atoms with Crippen LogP contribution in [0.3, 0.4) is 0 Å². The van der Waals surface area contributed by atoms with E-state index < -0.39 is 10.0 Å². The number of amides is 1. The molecule has 2 rings (SSSR count). The van der Waals surface area contributed by atoms with Crippen LogP contribution in [0.5, 0.6) is 0 Å². The summed E-state index contributed by atoms with van der Waals surface area (Å²) in [6, 6.07) is 5.09. The lowest BCUT2D eigenvalue weighted by atomic mass is 10.2. The number of nitrogens with zero attached hydrogens (tertiary/aromatic N) is 1. The molecular formula is C12H14ClIN2O3S. The molecule has 1 fully saturated rings. The quantitative estimate of drug-likeness (QED) is 0.743. The third-order valence-electron chi connectivity index (χ3n) is 3.02.